The van der Waals surface area contributed by atoms with Gasteiger partial charge in [0.05, 0.1) is 18.7 Å². The number of nitrogens with zero attached hydrogens (tertiary/aromatic N) is 2. The van der Waals surface area contributed by atoms with Crippen molar-refractivity contribution in [2.24, 2.45) is 0 Å². The van der Waals surface area contributed by atoms with Crippen molar-refractivity contribution in [3.05, 3.63) is 71.0 Å². The van der Waals surface area contributed by atoms with Crippen molar-refractivity contribution in [1.29, 1.82) is 0 Å². The van der Waals surface area contributed by atoms with Crippen LogP contribution in [-0.2, 0) is 4.79 Å². The molecule has 2 aromatic rings. The molecule has 2 aliphatic rings. The predicted octanol–water partition coefficient (Wildman–Crippen LogP) is 2.79. The lowest BCUT2D eigenvalue weighted by Gasteiger charge is -2.58. The molecular formula is C25H25FN2O3. The smallest absolute Gasteiger partial charge is 0.254 e. The Bertz CT molecular complexity index is 1020. The van der Waals surface area contributed by atoms with Gasteiger partial charge in [0.25, 0.3) is 5.91 Å². The maximum absolute atomic E-state index is 13.2. The van der Waals surface area contributed by atoms with Crippen molar-refractivity contribution >= 4 is 11.8 Å². The van der Waals surface area contributed by atoms with Gasteiger partial charge in [0.15, 0.2) is 0 Å². The molecule has 0 radical (unpaired) electrons. The fraction of sp³-hybridized carbons (Fsp3) is 0.360. The molecule has 3 atom stereocenters. The van der Waals surface area contributed by atoms with Crippen molar-refractivity contribution in [3.63, 3.8) is 0 Å². The number of hydrogen-bond donors (Lipinski definition) is 1. The number of hydrogen-bond acceptors (Lipinski definition) is 3. The number of carbonyl (C=O) groups is 2. The highest BCUT2D eigenvalue weighted by Crippen LogP contribution is 2.43. The van der Waals surface area contributed by atoms with Gasteiger partial charge in [-0.3, -0.25) is 9.59 Å². The Morgan fingerprint density at radius 1 is 1.16 bits per heavy atom. The molecule has 1 N–H and O–H groups in total. The Balaban J connectivity index is 1.53. The number of benzene rings is 2. The predicted molar refractivity (Wildman–Crippen MR) is 115 cm³/mol. The van der Waals surface area contributed by atoms with Gasteiger partial charge in [-0.1, -0.05) is 30.9 Å². The summed E-state index contributed by atoms with van der Waals surface area (Å²) in [4.78, 5) is 28.8. The van der Waals surface area contributed by atoms with Crippen LogP contribution in [-0.4, -0.2) is 58.5 Å². The molecule has 5 nitrogen and oxygen atoms in total. The Kier molecular flexibility index (Phi) is 6.06. The number of amides is 2. The Labute approximate surface area is 181 Å². The van der Waals surface area contributed by atoms with Crippen LogP contribution in [0.15, 0.2) is 48.5 Å². The fourth-order valence-electron chi connectivity index (χ4n) is 4.51. The van der Waals surface area contributed by atoms with Crippen LogP contribution < -0.4 is 0 Å². The van der Waals surface area contributed by atoms with E-state index in [4.69, 9.17) is 0 Å². The van der Waals surface area contributed by atoms with Gasteiger partial charge < -0.3 is 14.9 Å². The summed E-state index contributed by atoms with van der Waals surface area (Å²) in [6, 6.07) is 12.8. The molecule has 4 rings (SSSR count). The quantitative estimate of drug-likeness (QED) is 0.774. The Morgan fingerprint density at radius 2 is 1.87 bits per heavy atom. The number of aliphatic hydroxyl groups is 1. The summed E-state index contributed by atoms with van der Waals surface area (Å²) in [6.45, 7) is 2.30. The average molecular weight is 420 g/mol. The lowest BCUT2D eigenvalue weighted by atomic mass is 9.73. The molecule has 2 aliphatic heterocycles. The van der Waals surface area contributed by atoms with Gasteiger partial charge in [-0.2, -0.15) is 0 Å². The second-order valence-electron chi connectivity index (χ2n) is 8.01. The molecule has 31 heavy (non-hydrogen) atoms. The summed E-state index contributed by atoms with van der Waals surface area (Å²) in [5, 5.41) is 9.92. The fourth-order valence-corrected chi connectivity index (χ4v) is 4.51. The lowest BCUT2D eigenvalue weighted by molar-refractivity contribution is -0.159. The van der Waals surface area contributed by atoms with Crippen molar-refractivity contribution in [2.45, 2.75) is 37.8 Å². The first-order valence-electron chi connectivity index (χ1n) is 10.6. The number of unbranched alkanes of at least 4 members (excludes halogenated alkanes) is 1. The highest BCUT2D eigenvalue weighted by atomic mass is 19.1. The van der Waals surface area contributed by atoms with E-state index in [1.54, 1.807) is 4.90 Å². The number of rotatable bonds is 4. The standard InChI is InChI=1S/C25H25FN2O3/c1-2-3-4-5-17-6-8-18(9-7-17)24-21-14-27(15-23(30)28(21)22(24)16-29)25(31)19-10-12-20(26)13-11-19/h6-13,21-22,24,29H,2-3,14-16H2,1H3/t21-,22+,24+/m0/s1. The zero-order valence-electron chi connectivity index (χ0n) is 17.4. The van der Waals surface area contributed by atoms with Crippen LogP contribution in [0.3, 0.4) is 0 Å². The van der Waals surface area contributed by atoms with E-state index in [2.05, 4.69) is 18.8 Å². The normalized spacial score (nSPS) is 22.3. The molecule has 0 unspecified atom stereocenters. The molecular weight excluding hydrogens is 395 g/mol. The van der Waals surface area contributed by atoms with Crippen LogP contribution in [0.4, 0.5) is 4.39 Å². The summed E-state index contributed by atoms with van der Waals surface area (Å²) in [7, 11) is 0. The summed E-state index contributed by atoms with van der Waals surface area (Å²) in [5.41, 5.74) is 2.30. The molecule has 0 saturated carbocycles. The van der Waals surface area contributed by atoms with Crippen molar-refractivity contribution in [2.75, 3.05) is 19.7 Å². The van der Waals surface area contributed by atoms with Gasteiger partial charge in [0.2, 0.25) is 5.91 Å². The van der Waals surface area contributed by atoms with Crippen LogP contribution in [0.2, 0.25) is 0 Å². The first-order chi connectivity index (χ1) is 15.0. The average Bonchev–Trinajstić information content (AvgIpc) is 2.76. The largest absolute Gasteiger partial charge is 0.394 e. The summed E-state index contributed by atoms with van der Waals surface area (Å²) in [5.74, 6) is 5.32. The first kappa shape index (κ1) is 21.1. The van der Waals surface area contributed by atoms with Crippen molar-refractivity contribution in [3.8, 4) is 11.8 Å². The third-order valence-corrected chi connectivity index (χ3v) is 6.03. The topological polar surface area (TPSA) is 60.9 Å². The molecule has 0 spiro atoms. The maximum atomic E-state index is 13.2. The minimum atomic E-state index is -0.412. The van der Waals surface area contributed by atoms with E-state index < -0.39 is 5.82 Å². The molecule has 2 aromatic carbocycles. The number of halogens is 1. The van der Waals surface area contributed by atoms with Gasteiger partial charge in [-0.25, -0.2) is 4.39 Å². The van der Waals surface area contributed by atoms with Crippen LogP contribution >= 0.6 is 0 Å². The second kappa shape index (κ2) is 8.91. The molecule has 2 fully saturated rings. The summed E-state index contributed by atoms with van der Waals surface area (Å²) < 4.78 is 13.2. The lowest BCUT2D eigenvalue weighted by Crippen LogP contribution is -2.73. The molecule has 0 aliphatic carbocycles. The van der Waals surface area contributed by atoms with E-state index in [0.717, 1.165) is 24.0 Å². The molecule has 6 heteroatoms. The van der Waals surface area contributed by atoms with E-state index in [1.807, 2.05) is 24.3 Å². The summed E-state index contributed by atoms with van der Waals surface area (Å²) in [6.07, 6.45) is 1.87. The third-order valence-electron chi connectivity index (χ3n) is 6.03. The second-order valence-corrected chi connectivity index (χ2v) is 8.01. The van der Waals surface area contributed by atoms with Gasteiger partial charge in [-0.05, 0) is 48.4 Å². The number of carbonyl (C=O) groups excluding carboxylic acids is 2. The van der Waals surface area contributed by atoms with Crippen LogP contribution in [0, 0.1) is 17.7 Å². The molecule has 0 bridgehead atoms. The van der Waals surface area contributed by atoms with Crippen LogP contribution in [0.1, 0.15) is 47.2 Å². The molecule has 0 aromatic heterocycles. The first-order valence-corrected chi connectivity index (χ1v) is 10.6. The highest BCUT2D eigenvalue weighted by Gasteiger charge is 2.54. The van der Waals surface area contributed by atoms with Crippen molar-refractivity contribution in [1.82, 2.24) is 9.80 Å². The van der Waals surface area contributed by atoms with Crippen LogP contribution in [0.25, 0.3) is 0 Å². The van der Waals surface area contributed by atoms with E-state index >= 15 is 0 Å². The van der Waals surface area contributed by atoms with E-state index in [-0.39, 0.29) is 43.0 Å². The highest BCUT2D eigenvalue weighted by molar-refractivity contribution is 5.97. The zero-order valence-corrected chi connectivity index (χ0v) is 17.4. The van der Waals surface area contributed by atoms with Crippen molar-refractivity contribution < 1.29 is 19.1 Å². The zero-order chi connectivity index (χ0) is 22.0. The van der Waals surface area contributed by atoms with Gasteiger partial charge in [0.1, 0.15) is 12.4 Å². The van der Waals surface area contributed by atoms with E-state index in [0.29, 0.717) is 12.1 Å². The summed E-state index contributed by atoms with van der Waals surface area (Å²) >= 11 is 0. The van der Waals surface area contributed by atoms with E-state index in [9.17, 15) is 19.1 Å². The minimum absolute atomic E-state index is 0.0398. The Morgan fingerprint density at radius 3 is 2.52 bits per heavy atom. The van der Waals surface area contributed by atoms with Crippen LogP contribution in [0.5, 0.6) is 0 Å². The van der Waals surface area contributed by atoms with Gasteiger partial charge in [0, 0.05) is 30.0 Å². The SMILES string of the molecule is CCCC#Cc1ccc([C@H]2[C@@H](CO)N3C(=O)CN(C(=O)c4ccc(F)cc4)C[C@@H]23)cc1. The molecule has 2 heterocycles. The maximum Gasteiger partial charge on any atom is 0.254 e. The third kappa shape index (κ3) is 4.06. The Hall–Kier alpha value is -3.17. The number of piperazine rings is 1. The minimum Gasteiger partial charge on any atom is -0.394 e. The number of fused-ring (bicyclic) bond motifs is 1. The molecule has 160 valence electrons. The van der Waals surface area contributed by atoms with Gasteiger partial charge in [-0.15, -0.1) is 0 Å². The molecule has 2 saturated heterocycles. The van der Waals surface area contributed by atoms with Gasteiger partial charge >= 0.3 is 0 Å². The monoisotopic (exact) mass is 420 g/mol. The molecule has 2 amide bonds. The van der Waals surface area contributed by atoms with E-state index in [1.165, 1.54) is 29.2 Å². The number of aliphatic hydroxyl groups excluding tert-OH is 1.